The number of carbonyl (C=O) groups is 1. The van der Waals surface area contributed by atoms with Crippen LogP contribution in [0.1, 0.15) is 63.4 Å². The summed E-state index contributed by atoms with van der Waals surface area (Å²) >= 11 is 1.74. The molecular weight excluding hydrogens is 472 g/mol. The number of thiophene rings is 1. The van der Waals surface area contributed by atoms with Gasteiger partial charge in [-0.1, -0.05) is 24.6 Å². The Morgan fingerprint density at radius 2 is 1.92 bits per heavy atom. The highest BCUT2D eigenvalue weighted by Gasteiger charge is 2.40. The van der Waals surface area contributed by atoms with E-state index in [1.165, 1.54) is 48.0 Å². The third-order valence-electron chi connectivity index (χ3n) is 8.15. The van der Waals surface area contributed by atoms with Gasteiger partial charge in [-0.15, -0.1) is 11.3 Å². The first-order valence-electron chi connectivity index (χ1n) is 13.8. The predicted octanol–water partition coefficient (Wildman–Crippen LogP) is 5.13. The number of rotatable bonds is 8. The minimum absolute atomic E-state index is 0.00263. The fourth-order valence-electron chi connectivity index (χ4n) is 6.24. The number of aliphatic hydroxyl groups excluding tert-OH is 1. The van der Waals surface area contributed by atoms with Gasteiger partial charge in [0.2, 0.25) is 6.29 Å². The van der Waals surface area contributed by atoms with Gasteiger partial charge in [-0.25, -0.2) is 0 Å². The van der Waals surface area contributed by atoms with Crippen LogP contribution in [0.5, 0.6) is 0 Å². The van der Waals surface area contributed by atoms with Gasteiger partial charge in [-0.3, -0.25) is 4.79 Å². The molecule has 3 aliphatic rings. The predicted molar refractivity (Wildman–Crippen MR) is 144 cm³/mol. The standard InChI is InChI=1S/C29H40N2O4S/c1-2-34-29-23(10-8-18-32)24(25-20-36-27-11-5-4-9-22(25)27)19-26(35-29)28(33)31-16-12-21(13-17-31)30-14-6-3-7-15-30/h4-5,9,11,19-21,23-24,29,32H,2-3,6-8,10,12-18H2,1H3/t23-,24-,29+/m0/s1. The summed E-state index contributed by atoms with van der Waals surface area (Å²) in [5, 5.41) is 13.0. The van der Waals surface area contributed by atoms with Crippen molar-refractivity contribution < 1.29 is 19.4 Å². The second kappa shape index (κ2) is 12.1. The summed E-state index contributed by atoms with van der Waals surface area (Å²) in [5.41, 5.74) is 1.22. The molecule has 7 heteroatoms. The third kappa shape index (κ3) is 5.49. The number of ether oxygens (including phenoxy) is 2. The first kappa shape index (κ1) is 25.7. The summed E-state index contributed by atoms with van der Waals surface area (Å²) in [6, 6.07) is 9.05. The van der Waals surface area contributed by atoms with Gasteiger partial charge >= 0.3 is 0 Å². The van der Waals surface area contributed by atoms with E-state index < -0.39 is 6.29 Å². The lowest BCUT2D eigenvalue weighted by molar-refractivity contribution is -0.170. The topological polar surface area (TPSA) is 62.2 Å². The van der Waals surface area contributed by atoms with Gasteiger partial charge in [-0.05, 0) is 87.0 Å². The van der Waals surface area contributed by atoms with Crippen molar-refractivity contribution in [2.24, 2.45) is 5.92 Å². The van der Waals surface area contributed by atoms with E-state index in [9.17, 15) is 9.90 Å². The highest BCUT2D eigenvalue weighted by Crippen LogP contribution is 2.43. The third-order valence-corrected chi connectivity index (χ3v) is 9.13. The zero-order valence-electron chi connectivity index (χ0n) is 21.4. The number of likely N-dealkylation sites (tertiary alicyclic amines) is 2. The molecule has 1 N–H and O–H groups in total. The highest BCUT2D eigenvalue weighted by molar-refractivity contribution is 7.17. The molecule has 36 heavy (non-hydrogen) atoms. The SMILES string of the molecule is CCO[C@@H]1OC(C(=O)N2CCC(N3CCCCC3)CC2)=C[C@H](c2csc3ccccc23)[C@@H]1CCCO. The van der Waals surface area contributed by atoms with Crippen molar-refractivity contribution in [2.45, 2.75) is 70.1 Å². The largest absolute Gasteiger partial charge is 0.459 e. The maximum Gasteiger partial charge on any atom is 0.288 e. The summed E-state index contributed by atoms with van der Waals surface area (Å²) in [6.45, 7) is 6.57. The molecule has 5 rings (SSSR count). The second-order valence-corrected chi connectivity index (χ2v) is 11.2. The summed E-state index contributed by atoms with van der Waals surface area (Å²) in [7, 11) is 0. The average molecular weight is 513 g/mol. The van der Waals surface area contributed by atoms with Crippen LogP contribution in [-0.2, 0) is 14.3 Å². The van der Waals surface area contributed by atoms with Crippen molar-refractivity contribution in [2.75, 3.05) is 39.4 Å². The Balaban J connectivity index is 1.38. The van der Waals surface area contributed by atoms with Gasteiger partial charge < -0.3 is 24.4 Å². The Kier molecular flexibility index (Phi) is 8.62. The van der Waals surface area contributed by atoms with Crippen LogP contribution < -0.4 is 0 Å². The van der Waals surface area contributed by atoms with E-state index in [0.29, 0.717) is 24.8 Å². The van der Waals surface area contributed by atoms with E-state index >= 15 is 0 Å². The molecule has 0 bridgehead atoms. The summed E-state index contributed by atoms with van der Waals surface area (Å²) in [6.07, 6.45) is 9.01. The fraction of sp³-hybridized carbons (Fsp3) is 0.621. The van der Waals surface area contributed by atoms with Gasteiger partial charge in [0.1, 0.15) is 0 Å². The second-order valence-electron chi connectivity index (χ2n) is 10.3. The summed E-state index contributed by atoms with van der Waals surface area (Å²) < 4.78 is 13.6. The van der Waals surface area contributed by atoms with E-state index in [4.69, 9.17) is 9.47 Å². The molecule has 1 aromatic carbocycles. The van der Waals surface area contributed by atoms with Gasteiger partial charge in [-0.2, -0.15) is 0 Å². The number of hydrogen-bond donors (Lipinski definition) is 1. The number of nitrogens with zero attached hydrogens (tertiary/aromatic N) is 2. The number of hydrogen-bond acceptors (Lipinski definition) is 6. The van der Waals surface area contributed by atoms with Crippen LogP contribution in [0.25, 0.3) is 10.1 Å². The van der Waals surface area contributed by atoms with E-state index in [1.807, 2.05) is 17.9 Å². The van der Waals surface area contributed by atoms with Crippen molar-refractivity contribution in [3.8, 4) is 0 Å². The molecule has 0 saturated carbocycles. The lowest BCUT2D eigenvalue weighted by Crippen LogP contribution is -2.49. The molecule has 2 saturated heterocycles. The Morgan fingerprint density at radius 1 is 1.14 bits per heavy atom. The molecule has 2 aromatic rings. The van der Waals surface area contributed by atoms with Crippen LogP contribution in [0, 0.1) is 5.92 Å². The zero-order valence-corrected chi connectivity index (χ0v) is 22.3. The lowest BCUT2D eigenvalue weighted by atomic mass is 9.80. The zero-order chi connectivity index (χ0) is 24.9. The van der Waals surface area contributed by atoms with Gasteiger partial charge in [0.05, 0.1) is 0 Å². The minimum Gasteiger partial charge on any atom is -0.459 e. The maximum absolute atomic E-state index is 13.7. The number of carbonyl (C=O) groups excluding carboxylic acids is 1. The van der Waals surface area contributed by atoms with Gasteiger partial charge in [0.25, 0.3) is 5.91 Å². The molecule has 0 unspecified atom stereocenters. The normalized spacial score (nSPS) is 26.1. The number of aliphatic hydroxyl groups is 1. The van der Waals surface area contributed by atoms with Crippen LogP contribution in [0.2, 0.25) is 0 Å². The Bertz CT molecular complexity index is 1040. The van der Waals surface area contributed by atoms with Crippen molar-refractivity contribution in [3.05, 3.63) is 47.0 Å². The minimum atomic E-state index is -0.500. The van der Waals surface area contributed by atoms with Crippen LogP contribution in [0.4, 0.5) is 0 Å². The average Bonchev–Trinajstić information content (AvgIpc) is 3.36. The molecule has 0 aliphatic carbocycles. The van der Waals surface area contributed by atoms with Crippen molar-refractivity contribution in [1.29, 1.82) is 0 Å². The molecule has 1 aromatic heterocycles. The fourth-order valence-corrected chi connectivity index (χ4v) is 7.25. The number of amides is 1. The molecule has 1 amide bonds. The molecular formula is C29H40N2O4S. The molecule has 4 heterocycles. The van der Waals surface area contributed by atoms with E-state index in [1.54, 1.807) is 11.3 Å². The highest BCUT2D eigenvalue weighted by atomic mass is 32.1. The van der Waals surface area contributed by atoms with E-state index in [-0.39, 0.29) is 24.3 Å². The Morgan fingerprint density at radius 3 is 2.67 bits per heavy atom. The Labute approximate surface area is 218 Å². The molecule has 0 radical (unpaired) electrons. The molecule has 2 fully saturated rings. The van der Waals surface area contributed by atoms with E-state index in [0.717, 1.165) is 32.4 Å². The molecule has 6 nitrogen and oxygen atoms in total. The van der Waals surface area contributed by atoms with Crippen LogP contribution in [0.3, 0.4) is 0 Å². The monoisotopic (exact) mass is 512 g/mol. The molecule has 3 aliphatic heterocycles. The molecule has 196 valence electrons. The van der Waals surface area contributed by atoms with Gasteiger partial charge in [0, 0.05) is 48.9 Å². The Hall–Kier alpha value is -1.93. The van der Waals surface area contributed by atoms with Crippen molar-refractivity contribution in [3.63, 3.8) is 0 Å². The van der Waals surface area contributed by atoms with E-state index in [2.05, 4.69) is 34.5 Å². The van der Waals surface area contributed by atoms with Crippen LogP contribution >= 0.6 is 11.3 Å². The summed E-state index contributed by atoms with van der Waals surface area (Å²) in [4.78, 5) is 18.3. The van der Waals surface area contributed by atoms with Crippen molar-refractivity contribution in [1.82, 2.24) is 9.80 Å². The maximum atomic E-state index is 13.7. The van der Waals surface area contributed by atoms with Gasteiger partial charge in [0.15, 0.2) is 5.76 Å². The summed E-state index contributed by atoms with van der Waals surface area (Å²) in [5.74, 6) is 0.451. The number of fused-ring (bicyclic) bond motifs is 1. The number of benzene rings is 1. The van der Waals surface area contributed by atoms with Crippen molar-refractivity contribution >= 4 is 27.3 Å². The molecule has 0 spiro atoms. The molecule has 3 atom stereocenters. The van der Waals surface area contributed by atoms with Crippen LogP contribution in [0.15, 0.2) is 41.5 Å². The first-order valence-corrected chi connectivity index (χ1v) is 14.7. The smallest absolute Gasteiger partial charge is 0.288 e. The lowest BCUT2D eigenvalue weighted by Gasteiger charge is -2.41. The quantitative estimate of drug-likeness (QED) is 0.532. The number of piperidine rings is 2. The van der Waals surface area contributed by atoms with Crippen LogP contribution in [-0.4, -0.2) is 72.5 Å². The first-order chi connectivity index (χ1) is 17.7. The number of allylic oxidation sites excluding steroid dienone is 1.